The monoisotopic (exact) mass is 510 g/mol. The fraction of sp³-hybridized carbons (Fsp3) is 0. The molecule has 0 fully saturated rings. The Morgan fingerprint density at radius 2 is 1.03 bits per heavy atom. The third kappa shape index (κ3) is 2.13. The molecule has 0 amide bonds. The van der Waals surface area contributed by atoms with Gasteiger partial charge in [0, 0.05) is 30.5 Å². The summed E-state index contributed by atoms with van der Waals surface area (Å²) in [6.07, 6.45) is 0. The number of hydrogen-bond donors (Lipinski definition) is 0. The van der Waals surface area contributed by atoms with E-state index < -0.39 is 0 Å². The lowest BCUT2D eigenvalue weighted by atomic mass is 9.92. The zero-order valence-corrected chi connectivity index (χ0v) is 18.3. The highest BCUT2D eigenvalue weighted by atomic mass is 79.9. The minimum absolute atomic E-state index is 0.308. The second kappa shape index (κ2) is 6.09. The van der Waals surface area contributed by atoms with Gasteiger partial charge in [-0.05, 0) is 54.8 Å². The standard InChI is InChI=1S/C24H8Br2N4/c25-21-13-3-1-5-15-19(13)20-14(22(21)26)4-2-6-16(20)24-23(15)29-17-7-11(9-27)12(10-28)8-18(17)30-24/h1-8H. The van der Waals surface area contributed by atoms with Gasteiger partial charge in [0.05, 0.1) is 33.2 Å². The Hall–Kier alpha value is -3.32. The molecule has 0 N–H and O–H groups in total. The molecule has 0 spiro atoms. The zero-order chi connectivity index (χ0) is 20.6. The van der Waals surface area contributed by atoms with E-state index in [9.17, 15) is 10.5 Å². The van der Waals surface area contributed by atoms with Crippen LogP contribution in [0.25, 0.3) is 54.4 Å². The fourth-order valence-corrected chi connectivity index (χ4v) is 5.39. The molecule has 1 aromatic heterocycles. The van der Waals surface area contributed by atoms with Gasteiger partial charge in [-0.3, -0.25) is 0 Å². The molecule has 0 aliphatic heterocycles. The van der Waals surface area contributed by atoms with Crippen molar-refractivity contribution in [1.82, 2.24) is 9.97 Å². The van der Waals surface area contributed by atoms with E-state index in [-0.39, 0.29) is 0 Å². The summed E-state index contributed by atoms with van der Waals surface area (Å²) in [5, 5.41) is 25.3. The lowest BCUT2D eigenvalue weighted by molar-refractivity contribution is 1.38. The van der Waals surface area contributed by atoms with Crippen LogP contribution in [-0.4, -0.2) is 9.97 Å². The highest BCUT2D eigenvalue weighted by molar-refractivity contribution is 9.13. The van der Waals surface area contributed by atoms with Gasteiger partial charge in [0.15, 0.2) is 0 Å². The average molecular weight is 512 g/mol. The quantitative estimate of drug-likeness (QED) is 0.163. The predicted molar refractivity (Wildman–Crippen MR) is 126 cm³/mol. The highest BCUT2D eigenvalue weighted by Crippen LogP contribution is 2.46. The van der Waals surface area contributed by atoms with Crippen molar-refractivity contribution in [3.8, 4) is 12.1 Å². The first kappa shape index (κ1) is 17.5. The van der Waals surface area contributed by atoms with E-state index in [1.165, 1.54) is 0 Å². The number of benzene rings is 5. The van der Waals surface area contributed by atoms with Gasteiger partial charge in [0.1, 0.15) is 12.1 Å². The molecule has 4 nitrogen and oxygen atoms in total. The van der Waals surface area contributed by atoms with Crippen molar-refractivity contribution in [2.24, 2.45) is 0 Å². The summed E-state index contributed by atoms with van der Waals surface area (Å²) >= 11 is 7.50. The Labute approximate surface area is 187 Å². The van der Waals surface area contributed by atoms with Gasteiger partial charge >= 0.3 is 0 Å². The first-order chi connectivity index (χ1) is 14.6. The lowest BCUT2D eigenvalue weighted by Gasteiger charge is -2.16. The largest absolute Gasteiger partial charge is 0.244 e. The Bertz CT molecular complexity index is 1660. The molecule has 0 saturated heterocycles. The van der Waals surface area contributed by atoms with Gasteiger partial charge in [-0.25, -0.2) is 9.97 Å². The SMILES string of the molecule is N#Cc1cc2nc3c4cccc5c(Br)c(Br)c6cccc(c3nc2cc1C#N)c6c54. The molecular weight excluding hydrogens is 504 g/mol. The Morgan fingerprint density at radius 1 is 0.633 bits per heavy atom. The number of aromatic nitrogens is 2. The number of nitriles is 2. The molecule has 0 saturated carbocycles. The molecule has 0 aliphatic rings. The molecule has 1 heterocycles. The maximum absolute atomic E-state index is 9.40. The van der Waals surface area contributed by atoms with Gasteiger partial charge < -0.3 is 0 Å². The second-order valence-electron chi connectivity index (χ2n) is 7.12. The van der Waals surface area contributed by atoms with E-state index in [2.05, 4.69) is 68.3 Å². The summed E-state index contributed by atoms with van der Waals surface area (Å²) in [6.45, 7) is 0. The van der Waals surface area contributed by atoms with Gasteiger partial charge in [-0.2, -0.15) is 10.5 Å². The zero-order valence-electron chi connectivity index (χ0n) is 15.2. The summed E-state index contributed by atoms with van der Waals surface area (Å²) in [5.74, 6) is 0. The molecule has 0 radical (unpaired) electrons. The van der Waals surface area contributed by atoms with Crippen LogP contribution in [0.4, 0.5) is 0 Å². The van der Waals surface area contributed by atoms with Crippen molar-refractivity contribution >= 4 is 86.2 Å². The van der Waals surface area contributed by atoms with Crippen molar-refractivity contribution < 1.29 is 0 Å². The molecule has 138 valence electrons. The first-order valence-corrected chi connectivity index (χ1v) is 10.7. The summed E-state index contributed by atoms with van der Waals surface area (Å²) < 4.78 is 2.01. The molecule has 0 aliphatic carbocycles. The second-order valence-corrected chi connectivity index (χ2v) is 8.70. The van der Waals surface area contributed by atoms with Crippen LogP contribution in [-0.2, 0) is 0 Å². The Morgan fingerprint density at radius 3 is 1.43 bits per heavy atom. The summed E-state index contributed by atoms with van der Waals surface area (Å²) in [5.41, 5.74) is 3.40. The van der Waals surface area contributed by atoms with Crippen molar-refractivity contribution in [2.45, 2.75) is 0 Å². The van der Waals surface area contributed by atoms with Gasteiger partial charge in [-0.1, -0.05) is 36.4 Å². The van der Waals surface area contributed by atoms with Crippen LogP contribution in [0.2, 0.25) is 0 Å². The number of halogens is 2. The summed E-state index contributed by atoms with van der Waals surface area (Å²) in [7, 11) is 0. The van der Waals surface area contributed by atoms with Crippen LogP contribution < -0.4 is 0 Å². The van der Waals surface area contributed by atoms with Crippen LogP contribution in [0.5, 0.6) is 0 Å². The Kier molecular flexibility index (Phi) is 3.56. The molecule has 6 heteroatoms. The predicted octanol–water partition coefficient (Wildman–Crippen LogP) is 6.95. The molecule has 30 heavy (non-hydrogen) atoms. The summed E-state index contributed by atoms with van der Waals surface area (Å²) in [6, 6.07) is 19.8. The molecule has 0 atom stereocenters. The van der Waals surface area contributed by atoms with E-state index in [4.69, 9.17) is 9.97 Å². The smallest absolute Gasteiger partial charge is 0.101 e. The average Bonchev–Trinajstić information content (AvgIpc) is 2.79. The van der Waals surface area contributed by atoms with Gasteiger partial charge in [-0.15, -0.1) is 0 Å². The summed E-state index contributed by atoms with van der Waals surface area (Å²) in [4.78, 5) is 9.83. The van der Waals surface area contributed by atoms with E-state index >= 15 is 0 Å². The third-order valence-electron chi connectivity index (χ3n) is 5.60. The highest BCUT2D eigenvalue weighted by Gasteiger charge is 2.20. The van der Waals surface area contributed by atoms with E-state index in [0.717, 1.165) is 52.3 Å². The van der Waals surface area contributed by atoms with Crippen LogP contribution >= 0.6 is 31.9 Å². The normalized spacial score (nSPS) is 11.6. The van der Waals surface area contributed by atoms with Crippen molar-refractivity contribution in [1.29, 1.82) is 10.5 Å². The van der Waals surface area contributed by atoms with Gasteiger partial charge in [0.25, 0.3) is 0 Å². The van der Waals surface area contributed by atoms with Crippen molar-refractivity contribution in [3.05, 3.63) is 68.6 Å². The number of hydrogen-bond acceptors (Lipinski definition) is 4. The van der Waals surface area contributed by atoms with Crippen LogP contribution in [0, 0.1) is 22.7 Å². The maximum Gasteiger partial charge on any atom is 0.101 e. The molecular formula is C24H8Br2N4. The topological polar surface area (TPSA) is 73.4 Å². The maximum atomic E-state index is 9.40. The molecule has 6 aromatic rings. The minimum Gasteiger partial charge on any atom is -0.244 e. The number of nitrogens with zero attached hydrogens (tertiary/aromatic N) is 4. The van der Waals surface area contributed by atoms with Crippen molar-refractivity contribution in [2.75, 3.05) is 0 Å². The van der Waals surface area contributed by atoms with Crippen LogP contribution in [0.3, 0.4) is 0 Å². The molecule has 5 aromatic carbocycles. The fourth-order valence-electron chi connectivity index (χ4n) is 4.30. The molecule has 0 bridgehead atoms. The minimum atomic E-state index is 0.308. The van der Waals surface area contributed by atoms with Crippen LogP contribution in [0.15, 0.2) is 57.5 Å². The number of rotatable bonds is 0. The molecule has 6 rings (SSSR count). The van der Waals surface area contributed by atoms with Gasteiger partial charge in [0.2, 0.25) is 0 Å². The molecule has 0 unspecified atom stereocenters. The lowest BCUT2D eigenvalue weighted by Crippen LogP contribution is -1.95. The number of fused-ring (bicyclic) bond motifs is 4. The third-order valence-corrected chi connectivity index (χ3v) is 7.78. The van der Waals surface area contributed by atoms with E-state index in [1.807, 2.05) is 12.1 Å². The first-order valence-electron chi connectivity index (χ1n) is 9.11. The van der Waals surface area contributed by atoms with E-state index in [0.29, 0.717) is 22.2 Å². The van der Waals surface area contributed by atoms with Crippen LogP contribution in [0.1, 0.15) is 11.1 Å². The van der Waals surface area contributed by atoms with E-state index in [1.54, 1.807) is 12.1 Å². The Balaban J connectivity index is 1.96. The van der Waals surface area contributed by atoms with Crippen molar-refractivity contribution in [3.63, 3.8) is 0 Å².